The summed E-state index contributed by atoms with van der Waals surface area (Å²) in [7, 11) is 0. The molecule has 38 heavy (non-hydrogen) atoms. The van der Waals surface area contributed by atoms with Crippen molar-refractivity contribution in [3.05, 3.63) is 39.5 Å². The van der Waals surface area contributed by atoms with Crippen molar-refractivity contribution in [1.82, 2.24) is 15.0 Å². The highest BCUT2D eigenvalue weighted by Gasteiger charge is 2.25. The number of thiophene rings is 1. The second kappa shape index (κ2) is 10.8. The molecule has 13 heteroatoms. The lowest BCUT2D eigenvalue weighted by molar-refractivity contribution is -0.117. The fourth-order valence-electron chi connectivity index (χ4n) is 4.91. The van der Waals surface area contributed by atoms with Crippen LogP contribution in [0, 0.1) is 0 Å². The molecule has 3 aromatic rings. The lowest BCUT2D eigenvalue weighted by Gasteiger charge is -2.31. The first-order valence-electron chi connectivity index (χ1n) is 12.6. The van der Waals surface area contributed by atoms with Crippen molar-refractivity contribution in [3.63, 3.8) is 0 Å². The molecule has 1 aromatic carbocycles. The molecule has 0 atom stereocenters. The van der Waals surface area contributed by atoms with Crippen LogP contribution in [0.4, 0.5) is 10.5 Å². The number of hydrogen-bond donors (Lipinski definition) is 2. The average Bonchev–Trinajstić information content (AvgIpc) is 3.68. The molecule has 1 aliphatic carbocycles. The minimum atomic E-state index is -0.664. The number of anilines is 1. The molecule has 3 amide bonds. The Labute approximate surface area is 226 Å². The fraction of sp³-hybridized carbons (Fsp3) is 0.440. The van der Waals surface area contributed by atoms with Crippen molar-refractivity contribution in [1.29, 1.82) is 0 Å². The van der Waals surface area contributed by atoms with Crippen LogP contribution in [0.25, 0.3) is 10.2 Å². The van der Waals surface area contributed by atoms with Crippen molar-refractivity contribution in [3.8, 4) is 11.5 Å². The molecule has 2 fully saturated rings. The number of ether oxygens (including phenoxy) is 3. The van der Waals surface area contributed by atoms with Gasteiger partial charge in [0.15, 0.2) is 16.7 Å². The number of fused-ring (bicyclic) bond motifs is 2. The van der Waals surface area contributed by atoms with Crippen LogP contribution in [0.3, 0.4) is 0 Å². The molecule has 2 aromatic heterocycles. The predicted molar refractivity (Wildman–Crippen MR) is 144 cm³/mol. The summed E-state index contributed by atoms with van der Waals surface area (Å²) in [6.07, 6.45) is 4.70. The van der Waals surface area contributed by atoms with Gasteiger partial charge in [0.1, 0.15) is 4.83 Å². The summed E-state index contributed by atoms with van der Waals surface area (Å²) < 4.78 is 17.6. The van der Waals surface area contributed by atoms with E-state index in [1.165, 1.54) is 17.7 Å². The Balaban J connectivity index is 1.18. The van der Waals surface area contributed by atoms with Gasteiger partial charge in [-0.15, -0.1) is 11.3 Å². The maximum absolute atomic E-state index is 13.6. The number of carbonyl (C=O) groups is 2. The van der Waals surface area contributed by atoms with E-state index in [0.29, 0.717) is 64.8 Å². The number of morpholine rings is 1. The standard InChI is InChI=1S/C25H27N5O6S2/c31-21(27-24(33)26-16-5-6-18-19(11-16)36-14-35-18)13-37-25-28-22-17(12-20(38-22)15-3-1-2-4-15)23(32)30(25)29-7-9-34-10-8-29/h5-6,11-12,15H,1-4,7-10,13-14H2,(H2,26,27,31,33). The molecule has 3 aliphatic rings. The molecule has 200 valence electrons. The molecule has 6 rings (SSSR count). The van der Waals surface area contributed by atoms with Crippen LogP contribution in [-0.2, 0) is 9.53 Å². The molecule has 2 aliphatic heterocycles. The predicted octanol–water partition coefficient (Wildman–Crippen LogP) is 3.25. The van der Waals surface area contributed by atoms with Crippen molar-refractivity contribution in [2.45, 2.75) is 36.8 Å². The van der Waals surface area contributed by atoms with Crippen molar-refractivity contribution in [2.24, 2.45) is 0 Å². The van der Waals surface area contributed by atoms with E-state index in [0.717, 1.165) is 24.6 Å². The van der Waals surface area contributed by atoms with Gasteiger partial charge < -0.3 is 24.5 Å². The maximum Gasteiger partial charge on any atom is 0.325 e. The lowest BCUT2D eigenvalue weighted by Crippen LogP contribution is -2.49. The summed E-state index contributed by atoms with van der Waals surface area (Å²) in [4.78, 5) is 45.4. The van der Waals surface area contributed by atoms with Crippen molar-refractivity contribution < 1.29 is 23.8 Å². The third-order valence-corrected chi connectivity index (χ3v) is 8.90. The summed E-state index contributed by atoms with van der Waals surface area (Å²) in [5.41, 5.74) is 0.331. The number of rotatable bonds is 6. The van der Waals surface area contributed by atoms with E-state index in [9.17, 15) is 14.4 Å². The third kappa shape index (κ3) is 5.18. The topological polar surface area (TPSA) is 124 Å². The van der Waals surface area contributed by atoms with Gasteiger partial charge in [-0.25, -0.2) is 9.78 Å². The van der Waals surface area contributed by atoms with Crippen LogP contribution in [-0.4, -0.2) is 60.4 Å². The van der Waals surface area contributed by atoms with Gasteiger partial charge in [0.2, 0.25) is 12.7 Å². The number of benzene rings is 1. The Bertz CT molecular complexity index is 1430. The molecule has 2 N–H and O–H groups in total. The first kappa shape index (κ1) is 25.0. The smallest absolute Gasteiger partial charge is 0.325 e. The van der Waals surface area contributed by atoms with Gasteiger partial charge in [-0.3, -0.25) is 14.9 Å². The average molecular weight is 558 g/mol. The van der Waals surface area contributed by atoms with Crippen LogP contribution in [0.2, 0.25) is 0 Å². The quantitative estimate of drug-likeness (QED) is 0.347. The second-order valence-electron chi connectivity index (χ2n) is 9.29. The first-order chi connectivity index (χ1) is 18.5. The molecule has 1 saturated heterocycles. The van der Waals surface area contributed by atoms with Crippen LogP contribution in [0.1, 0.15) is 36.5 Å². The van der Waals surface area contributed by atoms with Crippen LogP contribution in [0.15, 0.2) is 34.2 Å². The van der Waals surface area contributed by atoms with Gasteiger partial charge in [0, 0.05) is 16.6 Å². The minimum absolute atomic E-state index is 0.0856. The number of thioether (sulfide) groups is 1. The van der Waals surface area contributed by atoms with E-state index in [1.54, 1.807) is 34.2 Å². The van der Waals surface area contributed by atoms with Gasteiger partial charge >= 0.3 is 6.03 Å². The Morgan fingerprint density at radius 1 is 1.11 bits per heavy atom. The zero-order valence-electron chi connectivity index (χ0n) is 20.6. The zero-order chi connectivity index (χ0) is 26.1. The van der Waals surface area contributed by atoms with E-state index in [2.05, 4.69) is 10.6 Å². The Morgan fingerprint density at radius 3 is 2.71 bits per heavy atom. The van der Waals surface area contributed by atoms with Crippen molar-refractivity contribution in [2.75, 3.05) is 49.2 Å². The van der Waals surface area contributed by atoms with E-state index < -0.39 is 11.9 Å². The van der Waals surface area contributed by atoms with Crippen LogP contribution >= 0.6 is 23.1 Å². The van der Waals surface area contributed by atoms with E-state index >= 15 is 0 Å². The van der Waals surface area contributed by atoms with Crippen molar-refractivity contribution >= 4 is 50.9 Å². The number of nitrogens with one attached hydrogen (secondary N) is 2. The molecule has 0 radical (unpaired) electrons. The van der Waals surface area contributed by atoms with Gasteiger partial charge in [-0.1, -0.05) is 24.6 Å². The molecule has 0 bridgehead atoms. The van der Waals surface area contributed by atoms with Gasteiger partial charge in [0.25, 0.3) is 5.56 Å². The van der Waals surface area contributed by atoms with E-state index in [-0.39, 0.29) is 18.1 Å². The van der Waals surface area contributed by atoms with Crippen LogP contribution in [0.5, 0.6) is 11.5 Å². The highest BCUT2D eigenvalue weighted by molar-refractivity contribution is 7.99. The molecular formula is C25H27N5O6S2. The molecular weight excluding hydrogens is 530 g/mol. The minimum Gasteiger partial charge on any atom is -0.454 e. The van der Waals surface area contributed by atoms with Gasteiger partial charge in [-0.2, -0.15) is 4.68 Å². The Kier molecular flexibility index (Phi) is 7.13. The van der Waals surface area contributed by atoms with E-state index in [1.807, 2.05) is 11.1 Å². The third-order valence-electron chi connectivity index (χ3n) is 6.78. The van der Waals surface area contributed by atoms with E-state index in [4.69, 9.17) is 19.2 Å². The largest absolute Gasteiger partial charge is 0.454 e. The molecule has 1 saturated carbocycles. The second-order valence-corrected chi connectivity index (χ2v) is 11.3. The number of carbonyl (C=O) groups excluding carboxylic acids is 2. The number of nitrogens with zero attached hydrogens (tertiary/aromatic N) is 3. The lowest BCUT2D eigenvalue weighted by atomic mass is 10.1. The van der Waals surface area contributed by atoms with Gasteiger partial charge in [0.05, 0.1) is 37.4 Å². The summed E-state index contributed by atoms with van der Waals surface area (Å²) in [6.45, 7) is 2.23. The zero-order valence-corrected chi connectivity index (χ0v) is 22.2. The first-order valence-corrected chi connectivity index (χ1v) is 14.4. The number of aromatic nitrogens is 2. The number of urea groups is 1. The molecule has 0 unspecified atom stereocenters. The maximum atomic E-state index is 13.6. The SMILES string of the molecule is O=C(CSc1nc2sc(C3CCCC3)cc2c(=O)n1N1CCOCC1)NC(=O)Nc1ccc2c(c1)OCO2. The summed E-state index contributed by atoms with van der Waals surface area (Å²) in [5.74, 6) is 1.01. The molecule has 4 heterocycles. The number of amides is 3. The fourth-order valence-corrected chi connectivity index (χ4v) is 6.97. The Hall–Kier alpha value is -3.29. The molecule has 0 spiro atoms. The monoisotopic (exact) mass is 557 g/mol. The van der Waals surface area contributed by atoms with Gasteiger partial charge in [-0.05, 0) is 37.0 Å². The summed E-state index contributed by atoms with van der Waals surface area (Å²) in [6, 6.07) is 6.31. The normalized spacial score (nSPS) is 17.2. The summed E-state index contributed by atoms with van der Waals surface area (Å²) in [5, 5.41) is 7.90. The Morgan fingerprint density at radius 2 is 1.89 bits per heavy atom. The highest BCUT2D eigenvalue weighted by atomic mass is 32.2. The molecule has 11 nitrogen and oxygen atoms in total. The number of imide groups is 1. The highest BCUT2D eigenvalue weighted by Crippen LogP contribution is 2.39. The summed E-state index contributed by atoms with van der Waals surface area (Å²) >= 11 is 2.70. The van der Waals surface area contributed by atoms with Crippen LogP contribution < -0.4 is 30.7 Å². The number of hydrogen-bond acceptors (Lipinski definition) is 10.